The average Bonchev–Trinajstić information content (AvgIpc) is 2.70. The molecule has 0 bridgehead atoms. The summed E-state index contributed by atoms with van der Waals surface area (Å²) in [6, 6.07) is 8.68. The molecule has 2 rings (SSSR count). The molecule has 0 atom stereocenters. The number of methoxy groups -OCH3 is 5. The van der Waals surface area contributed by atoms with Gasteiger partial charge in [0.1, 0.15) is 22.8 Å². The van der Waals surface area contributed by atoms with Gasteiger partial charge in [-0.15, -0.1) is 0 Å². The van der Waals surface area contributed by atoms with Gasteiger partial charge in [-0.2, -0.15) is 0 Å². The van der Waals surface area contributed by atoms with E-state index in [1.165, 1.54) is 27.4 Å². The number of hydrogen-bond donors (Lipinski definition) is 0. The van der Waals surface area contributed by atoms with Crippen LogP contribution in [0.1, 0.15) is 15.9 Å². The first-order chi connectivity index (χ1) is 12.6. The molecular formula is C20H22O6. The standard InChI is InChI=1S/C20H22O6/c1-22-14-7-9-16(23-2)13(12-14)6-8-15(21)19-17(24-3)10-11-18(25-4)20(19)26-5/h6-12H,1-5H3. The number of carbonyl (C=O) groups is 1. The third-order valence-electron chi connectivity index (χ3n) is 3.82. The van der Waals surface area contributed by atoms with Crippen LogP contribution >= 0.6 is 0 Å². The lowest BCUT2D eigenvalue weighted by Gasteiger charge is -2.14. The molecule has 2 aromatic carbocycles. The Morgan fingerprint density at radius 2 is 1.38 bits per heavy atom. The van der Waals surface area contributed by atoms with Crippen LogP contribution in [0.5, 0.6) is 28.7 Å². The van der Waals surface area contributed by atoms with E-state index < -0.39 is 0 Å². The van der Waals surface area contributed by atoms with Gasteiger partial charge in [0.2, 0.25) is 0 Å². The van der Waals surface area contributed by atoms with Crippen LogP contribution in [0.15, 0.2) is 36.4 Å². The molecule has 0 radical (unpaired) electrons. The zero-order valence-electron chi connectivity index (χ0n) is 15.5. The molecule has 26 heavy (non-hydrogen) atoms. The zero-order valence-corrected chi connectivity index (χ0v) is 15.5. The summed E-state index contributed by atoms with van der Waals surface area (Å²) in [6.45, 7) is 0. The number of allylic oxidation sites excluding steroid dienone is 1. The van der Waals surface area contributed by atoms with E-state index in [0.717, 1.165) is 0 Å². The van der Waals surface area contributed by atoms with E-state index in [2.05, 4.69) is 0 Å². The molecule has 0 fully saturated rings. The predicted octanol–water partition coefficient (Wildman–Crippen LogP) is 3.63. The fraction of sp³-hybridized carbons (Fsp3) is 0.250. The number of ketones is 1. The van der Waals surface area contributed by atoms with Crippen molar-refractivity contribution in [3.63, 3.8) is 0 Å². The van der Waals surface area contributed by atoms with Crippen molar-refractivity contribution in [3.8, 4) is 28.7 Å². The van der Waals surface area contributed by atoms with Crippen LogP contribution in [0.2, 0.25) is 0 Å². The highest BCUT2D eigenvalue weighted by Gasteiger charge is 2.20. The molecular weight excluding hydrogens is 336 g/mol. The minimum atomic E-state index is -0.289. The van der Waals surface area contributed by atoms with Crippen LogP contribution in [0.3, 0.4) is 0 Å². The quantitative estimate of drug-likeness (QED) is 0.530. The molecule has 0 heterocycles. The molecule has 6 nitrogen and oxygen atoms in total. The van der Waals surface area contributed by atoms with Crippen LogP contribution in [0.4, 0.5) is 0 Å². The zero-order chi connectivity index (χ0) is 19.1. The molecule has 0 aliphatic carbocycles. The van der Waals surface area contributed by atoms with Crippen molar-refractivity contribution in [1.29, 1.82) is 0 Å². The average molecular weight is 358 g/mol. The Morgan fingerprint density at radius 3 is 1.96 bits per heavy atom. The topological polar surface area (TPSA) is 63.2 Å². The van der Waals surface area contributed by atoms with Crippen LogP contribution in [-0.4, -0.2) is 41.3 Å². The number of ether oxygens (including phenoxy) is 5. The van der Waals surface area contributed by atoms with Crippen LogP contribution < -0.4 is 23.7 Å². The minimum absolute atomic E-state index is 0.285. The van der Waals surface area contributed by atoms with E-state index >= 15 is 0 Å². The summed E-state index contributed by atoms with van der Waals surface area (Å²) in [6.07, 6.45) is 3.08. The molecule has 0 unspecified atom stereocenters. The Balaban J connectivity index is 2.46. The third-order valence-corrected chi connectivity index (χ3v) is 3.82. The first-order valence-electron chi connectivity index (χ1n) is 7.83. The van der Waals surface area contributed by atoms with Gasteiger partial charge in [0, 0.05) is 5.56 Å². The van der Waals surface area contributed by atoms with Gasteiger partial charge in [-0.05, 0) is 42.5 Å². The summed E-state index contributed by atoms with van der Waals surface area (Å²) in [5, 5.41) is 0. The summed E-state index contributed by atoms with van der Waals surface area (Å²) >= 11 is 0. The monoisotopic (exact) mass is 358 g/mol. The van der Waals surface area contributed by atoms with Gasteiger partial charge in [-0.3, -0.25) is 4.79 Å². The molecule has 0 amide bonds. The molecule has 2 aromatic rings. The van der Waals surface area contributed by atoms with Crippen LogP contribution in [0, 0.1) is 0 Å². The van der Waals surface area contributed by atoms with E-state index in [9.17, 15) is 4.79 Å². The lowest BCUT2D eigenvalue weighted by molar-refractivity contribution is 0.104. The highest BCUT2D eigenvalue weighted by molar-refractivity contribution is 6.11. The normalized spacial score (nSPS) is 10.5. The molecule has 0 aliphatic heterocycles. The summed E-state index contributed by atoms with van der Waals surface area (Å²) < 4.78 is 26.5. The highest BCUT2D eigenvalue weighted by atomic mass is 16.5. The lowest BCUT2D eigenvalue weighted by atomic mass is 10.1. The molecule has 6 heteroatoms. The van der Waals surface area contributed by atoms with Gasteiger partial charge in [0.05, 0.1) is 35.5 Å². The molecule has 0 aliphatic rings. The van der Waals surface area contributed by atoms with E-state index in [1.54, 1.807) is 50.6 Å². The van der Waals surface area contributed by atoms with Crippen molar-refractivity contribution in [1.82, 2.24) is 0 Å². The van der Waals surface area contributed by atoms with E-state index in [-0.39, 0.29) is 11.3 Å². The summed E-state index contributed by atoms with van der Waals surface area (Å²) in [7, 11) is 7.62. The van der Waals surface area contributed by atoms with Gasteiger partial charge >= 0.3 is 0 Å². The van der Waals surface area contributed by atoms with Crippen molar-refractivity contribution in [2.45, 2.75) is 0 Å². The molecule has 0 aromatic heterocycles. The van der Waals surface area contributed by atoms with Gasteiger partial charge in [-0.1, -0.05) is 0 Å². The van der Waals surface area contributed by atoms with Gasteiger partial charge < -0.3 is 23.7 Å². The van der Waals surface area contributed by atoms with Gasteiger partial charge in [-0.25, -0.2) is 0 Å². The Kier molecular flexibility index (Phi) is 6.49. The summed E-state index contributed by atoms with van der Waals surface area (Å²) in [5.74, 6) is 2.16. The van der Waals surface area contributed by atoms with Crippen molar-refractivity contribution in [2.24, 2.45) is 0 Å². The highest BCUT2D eigenvalue weighted by Crippen LogP contribution is 2.38. The third kappa shape index (κ3) is 3.91. The van der Waals surface area contributed by atoms with Crippen molar-refractivity contribution in [2.75, 3.05) is 35.5 Å². The molecule has 138 valence electrons. The lowest BCUT2D eigenvalue weighted by Crippen LogP contribution is -2.04. The second-order valence-electron chi connectivity index (χ2n) is 5.18. The van der Waals surface area contributed by atoms with Gasteiger partial charge in [0.15, 0.2) is 17.3 Å². The SMILES string of the molecule is COc1ccc(OC)c(C=CC(=O)c2c(OC)ccc(OC)c2OC)c1. The number of hydrogen-bond acceptors (Lipinski definition) is 6. The first kappa shape index (κ1) is 19.2. The first-order valence-corrected chi connectivity index (χ1v) is 7.83. The van der Waals surface area contributed by atoms with Crippen molar-refractivity contribution >= 4 is 11.9 Å². The maximum atomic E-state index is 12.8. The largest absolute Gasteiger partial charge is 0.497 e. The Hall–Kier alpha value is -3.15. The summed E-state index contributed by atoms with van der Waals surface area (Å²) in [4.78, 5) is 12.8. The Bertz CT molecular complexity index is 810. The molecule has 0 spiro atoms. The molecule has 0 saturated heterocycles. The van der Waals surface area contributed by atoms with Crippen molar-refractivity contribution < 1.29 is 28.5 Å². The molecule has 0 N–H and O–H groups in total. The number of benzene rings is 2. The fourth-order valence-corrected chi connectivity index (χ4v) is 2.53. The second kappa shape index (κ2) is 8.80. The fourth-order valence-electron chi connectivity index (χ4n) is 2.53. The second-order valence-corrected chi connectivity index (χ2v) is 5.18. The van der Waals surface area contributed by atoms with E-state index in [0.29, 0.717) is 34.3 Å². The minimum Gasteiger partial charge on any atom is -0.497 e. The number of rotatable bonds is 8. The maximum absolute atomic E-state index is 12.8. The van der Waals surface area contributed by atoms with E-state index in [1.807, 2.05) is 0 Å². The predicted molar refractivity (Wildman–Crippen MR) is 99.0 cm³/mol. The summed E-state index contributed by atoms with van der Waals surface area (Å²) in [5.41, 5.74) is 0.994. The molecule has 0 saturated carbocycles. The number of carbonyl (C=O) groups excluding carboxylic acids is 1. The smallest absolute Gasteiger partial charge is 0.193 e. The Morgan fingerprint density at radius 1 is 0.769 bits per heavy atom. The van der Waals surface area contributed by atoms with E-state index in [4.69, 9.17) is 23.7 Å². The van der Waals surface area contributed by atoms with Crippen LogP contribution in [0.25, 0.3) is 6.08 Å². The maximum Gasteiger partial charge on any atom is 0.193 e. The Labute approximate surface area is 152 Å². The van der Waals surface area contributed by atoms with Crippen molar-refractivity contribution in [3.05, 3.63) is 47.5 Å². The van der Waals surface area contributed by atoms with Crippen LogP contribution in [-0.2, 0) is 0 Å². The van der Waals surface area contributed by atoms with Gasteiger partial charge in [0.25, 0.3) is 0 Å².